The van der Waals surface area contributed by atoms with Crippen LogP contribution in [-0.4, -0.2) is 41.3 Å². The zero-order valence-electron chi connectivity index (χ0n) is 16.1. The highest BCUT2D eigenvalue weighted by Gasteiger charge is 2.67. The van der Waals surface area contributed by atoms with E-state index >= 15 is 0 Å². The minimum atomic E-state index is -0.734. The van der Waals surface area contributed by atoms with Crippen LogP contribution in [0.15, 0.2) is 22.7 Å². The number of nitrogens with one attached hydrogen (secondary N) is 1. The van der Waals surface area contributed by atoms with Gasteiger partial charge in [0.1, 0.15) is 11.4 Å². The number of carbonyl (C=O) groups excluding carboxylic acids is 2. The second-order valence-electron chi connectivity index (χ2n) is 8.03. The van der Waals surface area contributed by atoms with Gasteiger partial charge in [-0.15, -0.1) is 0 Å². The first-order valence-corrected chi connectivity index (χ1v) is 9.87. The summed E-state index contributed by atoms with van der Waals surface area (Å²) in [5.74, 6) is -0.0840. The highest BCUT2D eigenvalue weighted by molar-refractivity contribution is 6.02. The van der Waals surface area contributed by atoms with Crippen LogP contribution < -0.4 is 10.2 Å². The smallest absolute Gasteiger partial charge is 0.235 e. The predicted octanol–water partition coefficient (Wildman–Crippen LogP) is 2.35. The number of unbranched alkanes of at least 4 members (excludes halogenated alkanes) is 2. The summed E-state index contributed by atoms with van der Waals surface area (Å²) in [4.78, 5) is 27.7. The summed E-state index contributed by atoms with van der Waals surface area (Å²) in [6.07, 6.45) is 7.89. The van der Waals surface area contributed by atoms with Crippen LogP contribution in [0.4, 0.5) is 5.82 Å². The molecule has 4 heterocycles. The SMILES string of the molecule is CCCCC[C@H](C)NC(=O)[C@@H]1[C@H]2C(=O)N(c3cc(C)on3)C[C@]23C=C[C@H]1O3. The largest absolute Gasteiger partial charge is 0.360 e. The normalized spacial score (nSPS) is 32.2. The van der Waals surface area contributed by atoms with E-state index in [0.717, 1.165) is 25.7 Å². The maximum atomic E-state index is 13.1. The fourth-order valence-electron chi connectivity index (χ4n) is 4.58. The molecular formula is C20H27N3O4. The molecule has 0 radical (unpaired) electrons. The molecule has 1 aromatic heterocycles. The second kappa shape index (κ2) is 6.78. The van der Waals surface area contributed by atoms with Gasteiger partial charge in [0.05, 0.1) is 24.5 Å². The van der Waals surface area contributed by atoms with Gasteiger partial charge in [0.15, 0.2) is 5.82 Å². The molecule has 0 saturated carbocycles. The van der Waals surface area contributed by atoms with Crippen molar-refractivity contribution in [3.63, 3.8) is 0 Å². The quantitative estimate of drug-likeness (QED) is 0.586. The summed E-state index contributed by atoms with van der Waals surface area (Å²) in [6.45, 7) is 6.34. The number of fused-ring (bicyclic) bond motifs is 1. The number of rotatable bonds is 7. The monoisotopic (exact) mass is 373 g/mol. The van der Waals surface area contributed by atoms with Crippen LogP contribution in [0.1, 0.15) is 45.3 Å². The van der Waals surface area contributed by atoms with Gasteiger partial charge in [-0.05, 0) is 20.3 Å². The van der Waals surface area contributed by atoms with Crippen LogP contribution in [0.25, 0.3) is 0 Å². The van der Waals surface area contributed by atoms with Crippen LogP contribution in [0.3, 0.4) is 0 Å². The van der Waals surface area contributed by atoms with Gasteiger partial charge in [-0.3, -0.25) is 14.5 Å². The van der Waals surface area contributed by atoms with Crippen molar-refractivity contribution in [3.05, 3.63) is 24.0 Å². The van der Waals surface area contributed by atoms with Crippen molar-refractivity contribution in [1.29, 1.82) is 0 Å². The molecule has 3 aliphatic heterocycles. The van der Waals surface area contributed by atoms with Gasteiger partial charge in [0.25, 0.3) is 0 Å². The first-order chi connectivity index (χ1) is 12.9. The summed E-state index contributed by atoms with van der Waals surface area (Å²) < 4.78 is 11.2. The Hall–Kier alpha value is -2.15. The first-order valence-electron chi connectivity index (χ1n) is 9.87. The lowest BCUT2D eigenvalue weighted by Crippen LogP contribution is -2.46. The number of aromatic nitrogens is 1. The highest BCUT2D eigenvalue weighted by Crippen LogP contribution is 2.52. The molecule has 0 unspecified atom stereocenters. The summed E-state index contributed by atoms with van der Waals surface area (Å²) in [7, 11) is 0. The Bertz CT molecular complexity index is 773. The number of hydrogen-bond acceptors (Lipinski definition) is 5. The summed E-state index contributed by atoms with van der Waals surface area (Å²) in [5.41, 5.74) is -0.734. The van der Waals surface area contributed by atoms with Crippen molar-refractivity contribution in [3.8, 4) is 0 Å². The van der Waals surface area contributed by atoms with E-state index in [9.17, 15) is 9.59 Å². The van der Waals surface area contributed by atoms with Crippen molar-refractivity contribution in [2.75, 3.05) is 11.4 Å². The van der Waals surface area contributed by atoms with Crippen LogP contribution in [0.2, 0.25) is 0 Å². The van der Waals surface area contributed by atoms with E-state index in [0.29, 0.717) is 18.1 Å². The molecule has 0 aliphatic carbocycles. The minimum Gasteiger partial charge on any atom is -0.360 e. The molecule has 2 amide bonds. The van der Waals surface area contributed by atoms with E-state index in [1.807, 2.05) is 19.1 Å². The number of aryl methyl sites for hydroxylation is 1. The van der Waals surface area contributed by atoms with E-state index in [1.165, 1.54) is 0 Å². The molecule has 0 aromatic carbocycles. The molecule has 27 heavy (non-hydrogen) atoms. The number of amides is 2. The lowest BCUT2D eigenvalue weighted by Gasteiger charge is -2.25. The highest BCUT2D eigenvalue weighted by atomic mass is 16.5. The average Bonchev–Trinajstić information content (AvgIpc) is 3.36. The van der Waals surface area contributed by atoms with Crippen molar-refractivity contribution in [2.45, 2.75) is 64.2 Å². The third-order valence-corrected chi connectivity index (χ3v) is 5.92. The molecule has 4 rings (SSSR count). The first kappa shape index (κ1) is 18.2. The fraction of sp³-hybridized carbons (Fsp3) is 0.650. The van der Waals surface area contributed by atoms with Crippen molar-refractivity contribution in [1.82, 2.24) is 10.5 Å². The van der Waals surface area contributed by atoms with Gasteiger partial charge in [-0.2, -0.15) is 0 Å². The van der Waals surface area contributed by atoms with Crippen LogP contribution in [0, 0.1) is 18.8 Å². The van der Waals surface area contributed by atoms with Crippen molar-refractivity contribution in [2.24, 2.45) is 11.8 Å². The molecule has 1 spiro atoms. The zero-order valence-corrected chi connectivity index (χ0v) is 16.1. The number of hydrogen-bond donors (Lipinski definition) is 1. The maximum Gasteiger partial charge on any atom is 0.235 e. The molecule has 2 fully saturated rings. The molecule has 1 N–H and O–H groups in total. The zero-order chi connectivity index (χ0) is 19.2. The van der Waals surface area contributed by atoms with E-state index < -0.39 is 17.4 Å². The Morgan fingerprint density at radius 1 is 1.48 bits per heavy atom. The molecule has 2 bridgehead atoms. The van der Waals surface area contributed by atoms with Gasteiger partial charge in [-0.1, -0.05) is 43.5 Å². The molecule has 1 aromatic rings. The number of nitrogens with zero attached hydrogens (tertiary/aromatic N) is 2. The number of carbonyl (C=O) groups is 2. The van der Waals surface area contributed by atoms with Gasteiger partial charge in [-0.25, -0.2) is 0 Å². The molecule has 3 aliphatic rings. The fourth-order valence-corrected chi connectivity index (χ4v) is 4.58. The topological polar surface area (TPSA) is 84.7 Å². The summed E-state index contributed by atoms with van der Waals surface area (Å²) in [6, 6.07) is 1.82. The van der Waals surface area contributed by atoms with Crippen LogP contribution in [0.5, 0.6) is 0 Å². The van der Waals surface area contributed by atoms with Crippen molar-refractivity contribution < 1.29 is 18.8 Å². The van der Waals surface area contributed by atoms with E-state index in [1.54, 1.807) is 17.9 Å². The molecule has 146 valence electrons. The van der Waals surface area contributed by atoms with Gasteiger partial charge in [0, 0.05) is 12.1 Å². The Labute approximate surface area is 159 Å². The number of ether oxygens (including phenoxy) is 1. The van der Waals surface area contributed by atoms with E-state index in [2.05, 4.69) is 17.4 Å². The maximum absolute atomic E-state index is 13.1. The number of anilines is 1. The Morgan fingerprint density at radius 3 is 3.00 bits per heavy atom. The minimum absolute atomic E-state index is 0.0910. The lowest BCUT2D eigenvalue weighted by molar-refractivity contribution is -0.132. The molecular weight excluding hydrogens is 346 g/mol. The average molecular weight is 373 g/mol. The molecule has 7 heteroatoms. The summed E-state index contributed by atoms with van der Waals surface area (Å²) >= 11 is 0. The third kappa shape index (κ3) is 2.98. The van der Waals surface area contributed by atoms with Gasteiger partial charge in [0.2, 0.25) is 11.8 Å². The molecule has 7 nitrogen and oxygen atoms in total. The third-order valence-electron chi connectivity index (χ3n) is 5.92. The van der Waals surface area contributed by atoms with Crippen LogP contribution in [-0.2, 0) is 14.3 Å². The van der Waals surface area contributed by atoms with Crippen LogP contribution >= 0.6 is 0 Å². The van der Waals surface area contributed by atoms with E-state index in [4.69, 9.17) is 9.26 Å². The Kier molecular flexibility index (Phi) is 4.58. The summed E-state index contributed by atoms with van der Waals surface area (Å²) in [5, 5.41) is 7.06. The Morgan fingerprint density at radius 2 is 2.30 bits per heavy atom. The van der Waals surface area contributed by atoms with Crippen molar-refractivity contribution >= 4 is 17.6 Å². The van der Waals surface area contributed by atoms with E-state index in [-0.39, 0.29) is 24.0 Å². The standard InChI is InChI=1S/C20H27N3O4/c1-4-5-6-7-12(2)21-18(24)16-14-8-9-20(26-14)11-23(19(25)17(16)20)15-10-13(3)27-22-15/h8-10,12,14,16-17H,4-7,11H2,1-3H3,(H,21,24)/t12-,14+,16-,17-,20+/m0/s1. The molecule has 5 atom stereocenters. The predicted molar refractivity (Wildman–Crippen MR) is 99.1 cm³/mol. The van der Waals surface area contributed by atoms with Gasteiger partial charge < -0.3 is 14.6 Å². The second-order valence-corrected chi connectivity index (χ2v) is 8.03. The van der Waals surface area contributed by atoms with Gasteiger partial charge >= 0.3 is 0 Å². The molecule has 2 saturated heterocycles. The lowest BCUT2D eigenvalue weighted by atomic mass is 9.76. The Balaban J connectivity index is 1.50.